The van der Waals surface area contributed by atoms with Gasteiger partial charge in [-0.3, -0.25) is 0 Å². The maximum absolute atomic E-state index is 6.24. The van der Waals surface area contributed by atoms with Crippen molar-refractivity contribution in [2.45, 2.75) is 45.4 Å². The Bertz CT molecular complexity index is 250. The molecule has 0 radical (unpaired) electrons. The zero-order valence-corrected chi connectivity index (χ0v) is 18.5. The summed E-state index contributed by atoms with van der Waals surface area (Å²) in [6.45, 7) is 12.0. The monoisotopic (exact) mass is 488 g/mol. The fourth-order valence-electron chi connectivity index (χ4n) is 2.79. The first kappa shape index (κ1) is 16.8. The summed E-state index contributed by atoms with van der Waals surface area (Å²) in [6.07, 6.45) is 0. The molecule has 1 spiro atoms. The molecule has 0 atom stereocenters. The van der Waals surface area contributed by atoms with Gasteiger partial charge in [0.25, 0.3) is 0 Å². The zero-order valence-electron chi connectivity index (χ0n) is 12.8. The Morgan fingerprint density at radius 3 is 1.11 bits per heavy atom. The molecule has 0 bridgehead atoms. The van der Waals surface area contributed by atoms with Crippen LogP contribution >= 0.6 is 0 Å². The molecule has 2 saturated heterocycles. The summed E-state index contributed by atoms with van der Waals surface area (Å²) in [5.74, 6) is 0. The molecule has 4 nitrogen and oxygen atoms in total. The first-order valence-electron chi connectivity index (χ1n) is 7.63. The molecular weight excluding hydrogens is 458 g/mol. The van der Waals surface area contributed by atoms with Gasteiger partial charge in [-0.15, -0.1) is 0 Å². The minimum atomic E-state index is -2.66. The molecule has 6 heteroatoms. The van der Waals surface area contributed by atoms with E-state index in [1.54, 1.807) is 0 Å². The van der Waals surface area contributed by atoms with E-state index in [1.165, 1.54) is 0 Å². The van der Waals surface area contributed by atoms with E-state index in [2.05, 4.69) is 27.7 Å². The summed E-state index contributed by atoms with van der Waals surface area (Å²) in [7, 11) is 0. The Hall–Kier alpha value is 1.44. The predicted octanol–water partition coefficient (Wildman–Crippen LogP) is 3.03. The molecule has 19 heavy (non-hydrogen) atoms. The van der Waals surface area contributed by atoms with Crippen LogP contribution in [0.4, 0.5) is 0 Å². The van der Waals surface area contributed by atoms with Crippen molar-refractivity contribution in [2.75, 3.05) is 26.4 Å². The van der Waals surface area contributed by atoms with Gasteiger partial charge in [-0.1, -0.05) is 0 Å². The second kappa shape index (κ2) is 6.69. The van der Waals surface area contributed by atoms with Crippen LogP contribution in [0, 0.1) is 5.41 Å². The summed E-state index contributed by atoms with van der Waals surface area (Å²) >= 11 is -5.32. The van der Waals surface area contributed by atoms with Crippen LogP contribution in [-0.4, -0.2) is 64.8 Å². The SMILES string of the molecule is C[CH2][Sn]1([CH2]C)[O]CC2(C[O]1)C[O][Sn]([CH2]C)([CH2]C)[O]C2. The Kier molecular flexibility index (Phi) is 5.91. The molecule has 0 aromatic rings. The van der Waals surface area contributed by atoms with E-state index in [4.69, 9.17) is 12.3 Å². The van der Waals surface area contributed by atoms with Crippen molar-refractivity contribution in [3.05, 3.63) is 0 Å². The van der Waals surface area contributed by atoms with Crippen LogP contribution in [-0.2, 0) is 12.3 Å². The van der Waals surface area contributed by atoms with E-state index in [9.17, 15) is 0 Å². The molecule has 0 aromatic carbocycles. The van der Waals surface area contributed by atoms with Crippen molar-refractivity contribution >= 4 is 38.4 Å². The van der Waals surface area contributed by atoms with Gasteiger partial charge in [0.05, 0.1) is 0 Å². The van der Waals surface area contributed by atoms with Gasteiger partial charge >= 0.3 is 128 Å². The molecule has 0 N–H and O–H groups in total. The Balaban J connectivity index is 1.95. The Labute approximate surface area is 127 Å². The van der Waals surface area contributed by atoms with Gasteiger partial charge in [0.1, 0.15) is 0 Å². The Morgan fingerprint density at radius 2 is 0.895 bits per heavy atom. The molecule has 2 aliphatic rings. The van der Waals surface area contributed by atoms with Crippen molar-refractivity contribution in [1.29, 1.82) is 0 Å². The minimum absolute atomic E-state index is 0.0183. The summed E-state index contributed by atoms with van der Waals surface area (Å²) in [5.41, 5.74) is -0.0183. The van der Waals surface area contributed by atoms with E-state index in [0.717, 1.165) is 44.2 Å². The van der Waals surface area contributed by atoms with Gasteiger partial charge in [-0.05, 0) is 0 Å². The number of rotatable bonds is 4. The summed E-state index contributed by atoms with van der Waals surface area (Å²) in [5, 5.41) is 0. The van der Waals surface area contributed by atoms with Crippen LogP contribution < -0.4 is 0 Å². The van der Waals surface area contributed by atoms with Crippen LogP contribution in [0.5, 0.6) is 0 Å². The first-order valence-corrected chi connectivity index (χ1v) is 20.4. The van der Waals surface area contributed by atoms with Gasteiger partial charge in [0.15, 0.2) is 0 Å². The fraction of sp³-hybridized carbons (Fsp3) is 1.00. The zero-order chi connectivity index (χ0) is 14.0. The van der Waals surface area contributed by atoms with Crippen molar-refractivity contribution in [3.8, 4) is 0 Å². The molecule has 2 rings (SSSR count). The van der Waals surface area contributed by atoms with Gasteiger partial charge in [-0.25, -0.2) is 0 Å². The van der Waals surface area contributed by atoms with Crippen LogP contribution in [0.15, 0.2) is 0 Å². The average Bonchev–Trinajstić information content (AvgIpc) is 2.50. The normalized spacial score (nSPS) is 28.4. The van der Waals surface area contributed by atoms with Gasteiger partial charge < -0.3 is 0 Å². The predicted molar refractivity (Wildman–Crippen MR) is 79.7 cm³/mol. The number of hydrogen-bond donors (Lipinski definition) is 0. The van der Waals surface area contributed by atoms with Crippen LogP contribution in [0.25, 0.3) is 0 Å². The molecule has 0 unspecified atom stereocenters. The van der Waals surface area contributed by atoms with E-state index in [-0.39, 0.29) is 5.41 Å². The van der Waals surface area contributed by atoms with E-state index in [0.29, 0.717) is 0 Å². The van der Waals surface area contributed by atoms with E-state index < -0.39 is 38.4 Å². The Morgan fingerprint density at radius 1 is 0.632 bits per heavy atom. The third-order valence-electron chi connectivity index (χ3n) is 4.72. The summed E-state index contributed by atoms with van der Waals surface area (Å²) in [4.78, 5) is 0. The van der Waals surface area contributed by atoms with Crippen LogP contribution in [0.3, 0.4) is 0 Å². The van der Waals surface area contributed by atoms with E-state index >= 15 is 0 Å². The molecule has 0 aliphatic carbocycles. The fourth-order valence-corrected chi connectivity index (χ4v) is 17.3. The molecule has 0 aromatic heterocycles. The molecule has 2 fully saturated rings. The van der Waals surface area contributed by atoms with Gasteiger partial charge in [0.2, 0.25) is 0 Å². The topological polar surface area (TPSA) is 36.9 Å². The average molecular weight is 486 g/mol. The molecule has 0 amide bonds. The number of hydrogen-bond acceptors (Lipinski definition) is 4. The quantitative estimate of drug-likeness (QED) is 0.574. The standard InChI is InChI=1S/C5H8O4.4C2H5.2Sn/c6-1-5(2-7,3-8)4-9;4*1-2;;/h1-4H2;4*1H2,2H3;;/q-4;;;;;2*+2. The summed E-state index contributed by atoms with van der Waals surface area (Å²) < 4.78 is 29.4. The molecule has 2 heterocycles. The van der Waals surface area contributed by atoms with Crippen molar-refractivity contribution in [2.24, 2.45) is 5.41 Å². The van der Waals surface area contributed by atoms with Crippen LogP contribution in [0.2, 0.25) is 17.7 Å². The molecule has 112 valence electrons. The van der Waals surface area contributed by atoms with Crippen molar-refractivity contribution in [3.63, 3.8) is 0 Å². The molecule has 2 aliphatic heterocycles. The third kappa shape index (κ3) is 3.44. The van der Waals surface area contributed by atoms with Gasteiger partial charge in [-0.2, -0.15) is 0 Å². The summed E-state index contributed by atoms with van der Waals surface area (Å²) in [6, 6.07) is 0. The first-order chi connectivity index (χ1) is 9.07. The van der Waals surface area contributed by atoms with Crippen molar-refractivity contribution < 1.29 is 12.3 Å². The third-order valence-corrected chi connectivity index (χ3v) is 24.7. The molecular formula is C13H28O4Sn2. The van der Waals surface area contributed by atoms with Crippen LogP contribution in [0.1, 0.15) is 27.7 Å². The molecule has 0 saturated carbocycles. The van der Waals surface area contributed by atoms with Gasteiger partial charge in [0, 0.05) is 0 Å². The van der Waals surface area contributed by atoms with E-state index in [1.807, 2.05) is 0 Å². The van der Waals surface area contributed by atoms with Crippen molar-refractivity contribution in [1.82, 2.24) is 0 Å². The maximum atomic E-state index is 6.24. The second-order valence-electron chi connectivity index (χ2n) is 5.89. The second-order valence-corrected chi connectivity index (χ2v) is 27.7.